The number of aromatic nitrogens is 4. The molecule has 7 nitrogen and oxygen atoms in total. The molecule has 0 saturated heterocycles. The van der Waals surface area contributed by atoms with Crippen LogP contribution in [-0.2, 0) is 7.05 Å². The van der Waals surface area contributed by atoms with Gasteiger partial charge < -0.3 is 4.74 Å². The molecule has 1 heterocycles. The zero-order valence-corrected chi connectivity index (χ0v) is 13.8. The van der Waals surface area contributed by atoms with E-state index in [-0.39, 0.29) is 22.2 Å². The number of hydrogen-bond acceptors (Lipinski definition) is 6. The quantitative estimate of drug-likeness (QED) is 0.825. The minimum atomic E-state index is -4.80. The van der Waals surface area contributed by atoms with Crippen LogP contribution in [-0.4, -0.2) is 38.2 Å². The third-order valence-electron chi connectivity index (χ3n) is 2.97. The highest BCUT2D eigenvalue weighted by Gasteiger charge is 2.33. The molecule has 0 bridgehead atoms. The van der Waals surface area contributed by atoms with Crippen molar-refractivity contribution in [3.8, 4) is 5.75 Å². The van der Waals surface area contributed by atoms with Crippen LogP contribution in [0.3, 0.4) is 0 Å². The Morgan fingerprint density at radius 3 is 2.67 bits per heavy atom. The summed E-state index contributed by atoms with van der Waals surface area (Å²) in [6.45, 7) is 3.35. The number of nitrogens with zero attached hydrogens (tertiary/aromatic N) is 4. The molecule has 1 aromatic carbocycles. The summed E-state index contributed by atoms with van der Waals surface area (Å²) in [5.74, 6) is -0.210. The summed E-state index contributed by atoms with van der Waals surface area (Å²) >= 11 is 1.16. The Hall–Kier alpha value is -2.30. The van der Waals surface area contributed by atoms with E-state index in [4.69, 9.17) is 0 Å². The topological polar surface area (TPSA) is 81.9 Å². The van der Waals surface area contributed by atoms with E-state index in [1.165, 1.54) is 10.7 Å². The Kier molecular flexibility index (Phi) is 5.32. The zero-order valence-electron chi connectivity index (χ0n) is 13.0. The number of carbonyl (C=O) groups is 1. The lowest BCUT2D eigenvalue weighted by atomic mass is 10.1. The number of benzene rings is 1. The molecule has 0 aliphatic rings. The van der Waals surface area contributed by atoms with E-state index in [1.54, 1.807) is 20.9 Å². The maximum absolute atomic E-state index is 12.5. The first-order valence-corrected chi connectivity index (χ1v) is 7.77. The zero-order chi connectivity index (χ0) is 17.9. The van der Waals surface area contributed by atoms with Crippen LogP contribution in [0.5, 0.6) is 5.75 Å². The number of tetrazole rings is 1. The van der Waals surface area contributed by atoms with Crippen molar-refractivity contribution in [1.29, 1.82) is 0 Å². The van der Waals surface area contributed by atoms with E-state index in [0.29, 0.717) is 11.3 Å². The summed E-state index contributed by atoms with van der Waals surface area (Å²) in [7, 11) is 1.54. The van der Waals surface area contributed by atoms with Crippen LogP contribution in [0.2, 0.25) is 0 Å². The molecule has 130 valence electrons. The van der Waals surface area contributed by atoms with E-state index in [2.05, 4.69) is 25.6 Å². The molecular formula is C13H14F3N5O2S. The third kappa shape index (κ3) is 4.16. The predicted octanol–water partition coefficient (Wildman–Crippen LogP) is 2.78. The fraction of sp³-hybridized carbons (Fsp3) is 0.385. The maximum Gasteiger partial charge on any atom is 0.573 e. The summed E-state index contributed by atoms with van der Waals surface area (Å²) in [6, 6.07) is 2.40. The molecule has 1 N–H and O–H groups in total. The number of alkyl halides is 3. The molecule has 0 unspecified atom stereocenters. The average Bonchev–Trinajstić information content (AvgIpc) is 2.86. The van der Waals surface area contributed by atoms with E-state index in [9.17, 15) is 18.0 Å². The van der Waals surface area contributed by atoms with E-state index in [1.807, 2.05) is 0 Å². The van der Waals surface area contributed by atoms with Gasteiger partial charge in [0.2, 0.25) is 5.95 Å². The molecule has 1 aromatic heterocycles. The van der Waals surface area contributed by atoms with Crippen molar-refractivity contribution in [3.63, 3.8) is 0 Å². The third-order valence-corrected chi connectivity index (χ3v) is 4.06. The van der Waals surface area contributed by atoms with Gasteiger partial charge in [0.25, 0.3) is 5.91 Å². The molecule has 0 radical (unpaired) electrons. The van der Waals surface area contributed by atoms with Crippen LogP contribution in [0.25, 0.3) is 0 Å². The minimum Gasteiger partial charge on any atom is -0.405 e. The molecule has 0 atom stereocenters. The van der Waals surface area contributed by atoms with Crippen LogP contribution in [0, 0.1) is 6.92 Å². The number of nitrogens with one attached hydrogen (secondary N) is 1. The fourth-order valence-electron chi connectivity index (χ4n) is 1.95. The van der Waals surface area contributed by atoms with Gasteiger partial charge in [-0.25, -0.2) is 4.68 Å². The van der Waals surface area contributed by atoms with Gasteiger partial charge >= 0.3 is 6.36 Å². The van der Waals surface area contributed by atoms with Gasteiger partial charge in [0.1, 0.15) is 5.75 Å². The molecular weight excluding hydrogens is 347 g/mol. The first kappa shape index (κ1) is 18.0. The Bertz CT molecular complexity index is 748. The van der Waals surface area contributed by atoms with Crippen molar-refractivity contribution in [2.24, 2.45) is 7.05 Å². The van der Waals surface area contributed by atoms with Gasteiger partial charge in [-0.15, -0.1) is 24.9 Å². The number of thioether (sulfide) groups is 1. The van der Waals surface area contributed by atoms with Gasteiger partial charge in [0.15, 0.2) is 0 Å². The largest absolute Gasteiger partial charge is 0.573 e. The molecule has 24 heavy (non-hydrogen) atoms. The summed E-state index contributed by atoms with van der Waals surface area (Å²) in [4.78, 5) is 12.6. The normalized spacial score (nSPS) is 11.4. The molecule has 0 aliphatic heterocycles. The second-order valence-electron chi connectivity index (χ2n) is 4.63. The molecule has 0 aliphatic carbocycles. The highest BCUT2D eigenvalue weighted by atomic mass is 32.2. The molecule has 2 aromatic rings. The molecule has 0 fully saturated rings. The van der Waals surface area contributed by atoms with Gasteiger partial charge in [-0.3, -0.25) is 10.1 Å². The number of anilines is 1. The Morgan fingerprint density at radius 2 is 2.12 bits per heavy atom. The maximum atomic E-state index is 12.5. The number of hydrogen-bond donors (Lipinski definition) is 1. The van der Waals surface area contributed by atoms with Crippen molar-refractivity contribution in [2.45, 2.75) is 25.1 Å². The van der Waals surface area contributed by atoms with E-state index < -0.39 is 12.3 Å². The minimum absolute atomic E-state index is 0.125. The second-order valence-corrected chi connectivity index (χ2v) is 5.90. The van der Waals surface area contributed by atoms with Gasteiger partial charge in [-0.2, -0.15) is 0 Å². The summed E-state index contributed by atoms with van der Waals surface area (Å²) in [5.41, 5.74) is 0.597. The van der Waals surface area contributed by atoms with Gasteiger partial charge in [0.05, 0.1) is 4.90 Å². The van der Waals surface area contributed by atoms with Gasteiger partial charge in [0, 0.05) is 12.6 Å². The highest BCUT2D eigenvalue weighted by Crippen LogP contribution is 2.37. The van der Waals surface area contributed by atoms with Crippen LogP contribution in [0.15, 0.2) is 17.0 Å². The van der Waals surface area contributed by atoms with Crippen LogP contribution in [0.1, 0.15) is 22.8 Å². The summed E-state index contributed by atoms with van der Waals surface area (Å²) < 4.78 is 42.8. The van der Waals surface area contributed by atoms with Gasteiger partial charge in [-0.1, -0.05) is 12.0 Å². The number of rotatable bonds is 5. The highest BCUT2D eigenvalue weighted by molar-refractivity contribution is 7.99. The predicted molar refractivity (Wildman–Crippen MR) is 81.0 cm³/mol. The number of aryl methyl sites for hydroxylation is 1. The SMILES string of the molecule is CCSc1c(OC(F)(F)F)ccc(C(=O)Nc2nnnn2C)c1C. The lowest BCUT2D eigenvalue weighted by Crippen LogP contribution is -2.19. The Labute approximate surface area is 139 Å². The van der Waals surface area contributed by atoms with Crippen LogP contribution in [0.4, 0.5) is 19.1 Å². The Balaban J connectivity index is 2.35. The first-order valence-electron chi connectivity index (χ1n) is 6.78. The number of carbonyl (C=O) groups excluding carboxylic acids is 1. The average molecular weight is 361 g/mol. The molecule has 0 saturated carbocycles. The Morgan fingerprint density at radius 1 is 1.42 bits per heavy atom. The number of ether oxygens (including phenoxy) is 1. The smallest absolute Gasteiger partial charge is 0.405 e. The monoisotopic (exact) mass is 361 g/mol. The molecule has 11 heteroatoms. The standard InChI is InChI=1S/C13H14F3N5O2S/c1-4-24-10-7(2)8(5-6-9(10)23-13(14,15)16)11(22)17-12-18-19-20-21(12)3/h5-6H,4H2,1-3H3,(H,17,18,20,22). The van der Waals surface area contributed by atoms with Crippen LogP contribution < -0.4 is 10.1 Å². The molecule has 1 amide bonds. The fourth-order valence-corrected chi connectivity index (χ4v) is 2.81. The number of amides is 1. The van der Waals surface area contributed by atoms with E-state index in [0.717, 1.165) is 17.8 Å². The second kappa shape index (κ2) is 7.07. The van der Waals surface area contributed by atoms with Crippen LogP contribution >= 0.6 is 11.8 Å². The van der Waals surface area contributed by atoms with E-state index >= 15 is 0 Å². The lowest BCUT2D eigenvalue weighted by Gasteiger charge is -2.16. The number of halogens is 3. The molecule has 0 spiro atoms. The van der Waals surface area contributed by atoms with Crippen molar-refractivity contribution in [3.05, 3.63) is 23.3 Å². The van der Waals surface area contributed by atoms with Gasteiger partial charge in [-0.05, 0) is 40.8 Å². The lowest BCUT2D eigenvalue weighted by molar-refractivity contribution is -0.275. The summed E-state index contributed by atoms with van der Waals surface area (Å²) in [6.07, 6.45) is -4.80. The summed E-state index contributed by atoms with van der Waals surface area (Å²) in [5, 5.41) is 13.1. The van der Waals surface area contributed by atoms with Crippen molar-refractivity contribution in [1.82, 2.24) is 20.2 Å². The first-order chi connectivity index (χ1) is 11.2. The molecule has 2 rings (SSSR count). The van der Waals surface area contributed by atoms with Crippen molar-refractivity contribution >= 4 is 23.6 Å². The van der Waals surface area contributed by atoms with Crippen molar-refractivity contribution in [2.75, 3.05) is 11.1 Å². The van der Waals surface area contributed by atoms with Crippen molar-refractivity contribution < 1.29 is 22.7 Å².